The van der Waals surface area contributed by atoms with E-state index in [0.29, 0.717) is 0 Å². The molecule has 0 bridgehead atoms. The number of nitrogens with zero attached hydrogens (tertiary/aromatic N) is 1. The van der Waals surface area contributed by atoms with Gasteiger partial charge in [0.15, 0.2) is 0 Å². The van der Waals surface area contributed by atoms with E-state index in [0.717, 1.165) is 4.90 Å². The molecule has 0 aromatic carbocycles. The van der Waals surface area contributed by atoms with Crippen molar-refractivity contribution in [3.63, 3.8) is 0 Å². The summed E-state index contributed by atoms with van der Waals surface area (Å²) in [6.45, 7) is -1.80. The Morgan fingerprint density at radius 1 is 0.800 bits per heavy atom. The van der Waals surface area contributed by atoms with Crippen LogP contribution in [0.25, 0.3) is 0 Å². The Labute approximate surface area is 118 Å². The Balaban J connectivity index is -0.000000720. The van der Waals surface area contributed by atoms with Crippen LogP contribution in [0, 0.1) is 0 Å². The molecule has 0 heterocycles. The average Bonchev–Trinajstić information content (AvgIpc) is 1.80. The number of carboxylic acids is 3. The molecule has 0 atom stereocenters. The zero-order valence-corrected chi connectivity index (χ0v) is 8.09. The van der Waals surface area contributed by atoms with Gasteiger partial charge in [-0.3, -0.25) is 19.3 Å². The molecule has 0 radical (unpaired) electrons. The van der Waals surface area contributed by atoms with Gasteiger partial charge in [0.25, 0.3) is 0 Å². The predicted molar refractivity (Wildman–Crippen MR) is 46.5 cm³/mol. The maximum atomic E-state index is 10.1. The normalized spacial score (nSPS) is 8.60. The van der Waals surface area contributed by atoms with Gasteiger partial charge in [0.05, 0.1) is 19.6 Å². The zero-order chi connectivity index (χ0) is 10.4. The number of aliphatic carboxylic acids is 3. The van der Waals surface area contributed by atoms with Gasteiger partial charge in [-0.2, -0.15) is 0 Å². The molecule has 9 heteroatoms. The molecule has 84 valence electrons. The molecule has 0 spiro atoms. The van der Waals surface area contributed by atoms with Crippen molar-refractivity contribution in [2.45, 2.75) is 0 Å². The summed E-state index contributed by atoms with van der Waals surface area (Å²) in [4.78, 5) is 31.2. The van der Waals surface area contributed by atoms with Crippen molar-refractivity contribution in [2.75, 3.05) is 19.6 Å². The van der Waals surface area contributed by atoms with E-state index in [1.165, 1.54) is 0 Å². The fraction of sp³-hybridized carbons (Fsp3) is 0.500. The summed E-state index contributed by atoms with van der Waals surface area (Å²) in [6.07, 6.45) is 0. The molecule has 0 fully saturated rings. The van der Waals surface area contributed by atoms with Crippen LogP contribution in [0.2, 0.25) is 0 Å². The monoisotopic (exact) mass is 271 g/mol. The number of hydrogen-bond acceptors (Lipinski definition) is 4. The van der Waals surface area contributed by atoms with Gasteiger partial charge in [0, 0.05) is 17.1 Å². The van der Waals surface area contributed by atoms with Crippen LogP contribution in [0.1, 0.15) is 0 Å². The van der Waals surface area contributed by atoms with Crippen molar-refractivity contribution in [1.82, 2.24) is 4.90 Å². The van der Waals surface area contributed by atoms with E-state index in [-0.39, 0.29) is 46.6 Å². The van der Waals surface area contributed by atoms with Gasteiger partial charge < -0.3 is 15.3 Å². The van der Waals surface area contributed by atoms with Crippen molar-refractivity contribution in [3.8, 4) is 0 Å². The van der Waals surface area contributed by atoms with E-state index in [1.807, 2.05) is 0 Å². The van der Waals surface area contributed by atoms with Gasteiger partial charge in [-0.15, -0.1) is 0 Å². The molecule has 0 saturated heterocycles. The fourth-order valence-electron chi connectivity index (χ4n) is 0.742. The van der Waals surface area contributed by atoms with Crippen LogP contribution in [0.3, 0.4) is 0 Å². The topological polar surface area (TPSA) is 115 Å². The third kappa shape index (κ3) is 13.9. The van der Waals surface area contributed by atoms with Crippen LogP contribution in [0.15, 0.2) is 0 Å². The van der Waals surface area contributed by atoms with Crippen LogP contribution < -0.4 is 0 Å². The predicted octanol–water partition coefficient (Wildman–Crippen LogP) is -2.11. The number of hydrogen-bond donors (Lipinski definition) is 3. The Kier molecular flexibility index (Phi) is 14.1. The van der Waals surface area contributed by atoms with Crippen LogP contribution >= 0.6 is 0 Å². The summed E-state index contributed by atoms with van der Waals surface area (Å²) >= 11 is 0. The van der Waals surface area contributed by atoms with E-state index in [4.69, 9.17) is 15.3 Å². The second-order valence-electron chi connectivity index (χ2n) is 2.33. The third-order valence-corrected chi connectivity index (χ3v) is 1.08. The molecule has 0 aliphatic carbocycles. The number of carboxylic acid groups (broad SMARTS) is 3. The Hall–Kier alpha value is -0.111. The zero-order valence-electron chi connectivity index (χ0n) is 6.99. The van der Waals surface area contributed by atoms with E-state index in [2.05, 4.69) is 0 Å². The summed E-state index contributed by atoms with van der Waals surface area (Å²) < 4.78 is 0. The van der Waals surface area contributed by atoms with Crippen molar-refractivity contribution in [3.05, 3.63) is 0 Å². The minimum absolute atomic E-state index is 0. The van der Waals surface area contributed by atoms with Gasteiger partial charge in [0.2, 0.25) is 0 Å². The minimum atomic E-state index is -1.26. The fourth-order valence-corrected chi connectivity index (χ4v) is 0.742. The Morgan fingerprint density at radius 3 is 1.13 bits per heavy atom. The number of rotatable bonds is 6. The standard InChI is InChI=1S/C6H9NO6.Fe.Na.H/c8-4(9)1-7(2-5(10)11)3-6(12)13;;;/h1-3H2,(H,8,9)(H,10,11)(H,12,13);;;. The maximum absolute atomic E-state index is 10.1. The molecule has 0 aliphatic rings. The van der Waals surface area contributed by atoms with Gasteiger partial charge in [-0.1, -0.05) is 0 Å². The second-order valence-corrected chi connectivity index (χ2v) is 2.33. The molecule has 15 heavy (non-hydrogen) atoms. The van der Waals surface area contributed by atoms with E-state index >= 15 is 0 Å². The van der Waals surface area contributed by atoms with E-state index < -0.39 is 37.5 Å². The first-order valence-electron chi connectivity index (χ1n) is 3.29. The van der Waals surface area contributed by atoms with Gasteiger partial charge in [-0.05, 0) is 0 Å². The molecule has 7 nitrogen and oxygen atoms in total. The second kappa shape index (κ2) is 10.4. The summed E-state index contributed by atoms with van der Waals surface area (Å²) in [5.74, 6) is -3.78. The summed E-state index contributed by atoms with van der Waals surface area (Å²) in [7, 11) is 0. The average molecular weight is 271 g/mol. The summed E-state index contributed by atoms with van der Waals surface area (Å²) in [6, 6.07) is 0. The summed E-state index contributed by atoms with van der Waals surface area (Å²) in [5, 5.41) is 24.8. The molecular formula is C6H10FeNNaO6. The van der Waals surface area contributed by atoms with E-state index in [9.17, 15) is 14.4 Å². The number of carbonyl (C=O) groups is 3. The SMILES string of the molecule is O=C(O)CN(CC(=O)O)CC(=O)O.[Fe].[NaH]. The first kappa shape index (κ1) is 20.3. The van der Waals surface area contributed by atoms with Crippen LogP contribution in [0.4, 0.5) is 0 Å². The molecule has 0 aromatic rings. The Morgan fingerprint density at radius 2 is 1.00 bits per heavy atom. The molecule has 0 rings (SSSR count). The van der Waals surface area contributed by atoms with Crippen LogP contribution in [0.5, 0.6) is 0 Å². The van der Waals surface area contributed by atoms with E-state index in [1.54, 1.807) is 0 Å². The molecule has 0 saturated carbocycles. The van der Waals surface area contributed by atoms with Crippen LogP contribution in [-0.2, 0) is 31.5 Å². The molecular weight excluding hydrogens is 261 g/mol. The third-order valence-electron chi connectivity index (χ3n) is 1.08. The molecule has 3 N–H and O–H groups in total. The van der Waals surface area contributed by atoms with Crippen molar-refractivity contribution in [1.29, 1.82) is 0 Å². The molecule has 0 aliphatic heterocycles. The first-order valence-corrected chi connectivity index (χ1v) is 3.29. The van der Waals surface area contributed by atoms with Gasteiger partial charge >= 0.3 is 47.5 Å². The first-order chi connectivity index (χ1) is 5.91. The quantitative estimate of drug-likeness (QED) is 0.473. The van der Waals surface area contributed by atoms with Gasteiger partial charge in [-0.25, -0.2) is 0 Å². The van der Waals surface area contributed by atoms with Crippen molar-refractivity contribution in [2.24, 2.45) is 0 Å². The summed E-state index contributed by atoms with van der Waals surface area (Å²) in [5.41, 5.74) is 0. The molecule has 0 aromatic heterocycles. The Bertz CT molecular complexity index is 198. The van der Waals surface area contributed by atoms with Gasteiger partial charge in [0.1, 0.15) is 0 Å². The van der Waals surface area contributed by atoms with Crippen molar-refractivity contribution < 1.29 is 46.8 Å². The molecule has 0 unspecified atom stereocenters. The van der Waals surface area contributed by atoms with Crippen LogP contribution in [-0.4, -0.2) is 87.3 Å². The van der Waals surface area contributed by atoms with Crippen molar-refractivity contribution >= 4 is 47.5 Å². The molecule has 0 amide bonds.